The summed E-state index contributed by atoms with van der Waals surface area (Å²) in [7, 11) is 1.81. The molecule has 112 valence electrons. The second kappa shape index (κ2) is 5.82. The van der Waals surface area contributed by atoms with E-state index in [1.54, 1.807) is 11.5 Å². The first-order valence-corrected chi connectivity index (χ1v) is 6.50. The van der Waals surface area contributed by atoms with Crippen LogP contribution in [0.25, 0.3) is 11.0 Å². The van der Waals surface area contributed by atoms with Crippen molar-refractivity contribution in [1.29, 1.82) is 0 Å². The van der Waals surface area contributed by atoms with Crippen LogP contribution in [0.15, 0.2) is 18.2 Å². The summed E-state index contributed by atoms with van der Waals surface area (Å²) in [6, 6.07) is 5.48. The van der Waals surface area contributed by atoms with Crippen LogP contribution in [0.2, 0.25) is 0 Å². The van der Waals surface area contributed by atoms with Gasteiger partial charge in [-0.05, 0) is 25.1 Å². The normalized spacial score (nSPS) is 10.8. The number of carbonyl (C=O) groups is 2. The van der Waals surface area contributed by atoms with E-state index in [4.69, 9.17) is 10.2 Å². The maximum atomic E-state index is 10.9. The van der Waals surface area contributed by atoms with E-state index >= 15 is 0 Å². The van der Waals surface area contributed by atoms with Crippen molar-refractivity contribution >= 4 is 28.7 Å². The molecule has 0 spiro atoms. The summed E-state index contributed by atoms with van der Waals surface area (Å²) in [4.78, 5) is 27.7. The molecule has 2 rings (SSSR count). The molecule has 1 heterocycles. The van der Waals surface area contributed by atoms with E-state index in [0.717, 1.165) is 11.2 Å². The van der Waals surface area contributed by atoms with Gasteiger partial charge in [0.05, 0.1) is 17.5 Å². The van der Waals surface area contributed by atoms with Crippen LogP contribution in [0.1, 0.15) is 12.2 Å². The van der Waals surface area contributed by atoms with Gasteiger partial charge in [0.25, 0.3) is 0 Å². The van der Waals surface area contributed by atoms with Gasteiger partial charge >= 0.3 is 11.9 Å². The van der Waals surface area contributed by atoms with Crippen LogP contribution in [0.5, 0.6) is 0 Å². The van der Waals surface area contributed by atoms with Gasteiger partial charge in [-0.1, -0.05) is 0 Å². The van der Waals surface area contributed by atoms with Crippen LogP contribution in [-0.2, 0) is 16.1 Å². The highest BCUT2D eigenvalue weighted by Crippen LogP contribution is 2.22. The lowest BCUT2D eigenvalue weighted by atomic mass is 10.2. The smallest absolute Gasteiger partial charge is 0.323 e. The molecule has 0 fully saturated rings. The Morgan fingerprint density at radius 3 is 2.62 bits per heavy atom. The summed E-state index contributed by atoms with van der Waals surface area (Å²) < 4.78 is 1.64. The number of hydrogen-bond acceptors (Lipinski definition) is 4. The summed E-state index contributed by atoms with van der Waals surface area (Å²) in [6.45, 7) is 2.03. The van der Waals surface area contributed by atoms with Crippen LogP contribution in [0.4, 0.5) is 5.69 Å². The van der Waals surface area contributed by atoms with Crippen LogP contribution in [-0.4, -0.2) is 45.3 Å². The van der Waals surface area contributed by atoms with E-state index in [9.17, 15) is 9.59 Å². The minimum Gasteiger partial charge on any atom is -0.481 e. The predicted octanol–water partition coefficient (Wildman–Crippen LogP) is 1.34. The Morgan fingerprint density at radius 1 is 1.29 bits per heavy atom. The van der Waals surface area contributed by atoms with Crippen molar-refractivity contribution in [2.45, 2.75) is 19.9 Å². The fourth-order valence-corrected chi connectivity index (χ4v) is 2.20. The zero-order chi connectivity index (χ0) is 15.6. The third kappa shape index (κ3) is 3.31. The number of carboxylic acids is 2. The number of nitrogens with zero attached hydrogens (tertiary/aromatic N) is 3. The molecule has 0 saturated carbocycles. The fourth-order valence-electron chi connectivity index (χ4n) is 2.20. The number of anilines is 1. The lowest BCUT2D eigenvalue weighted by Crippen LogP contribution is -2.20. The molecule has 0 unspecified atom stereocenters. The van der Waals surface area contributed by atoms with Gasteiger partial charge in [0.1, 0.15) is 12.4 Å². The van der Waals surface area contributed by atoms with Crippen LogP contribution < -0.4 is 4.90 Å². The molecule has 1 aromatic heterocycles. The highest BCUT2D eigenvalue weighted by atomic mass is 16.4. The van der Waals surface area contributed by atoms with Crippen molar-refractivity contribution in [3.63, 3.8) is 0 Å². The zero-order valence-corrected chi connectivity index (χ0v) is 11.9. The van der Waals surface area contributed by atoms with E-state index < -0.39 is 11.9 Å². The van der Waals surface area contributed by atoms with Gasteiger partial charge in [0.15, 0.2) is 0 Å². The maximum Gasteiger partial charge on any atom is 0.323 e. The average molecular weight is 291 g/mol. The van der Waals surface area contributed by atoms with Gasteiger partial charge in [-0.15, -0.1) is 0 Å². The standard InChI is InChI=1S/C14H17N3O4/c1-9-15-11-7-10(16(2)6-5-13(18)19)3-4-12(11)17(9)8-14(20)21/h3-4,7H,5-6,8H2,1-2H3,(H,18,19)(H,20,21). The van der Waals surface area contributed by atoms with Crippen molar-refractivity contribution in [3.8, 4) is 0 Å². The van der Waals surface area contributed by atoms with Gasteiger partial charge in [-0.25, -0.2) is 4.98 Å². The van der Waals surface area contributed by atoms with Gasteiger partial charge in [0, 0.05) is 19.3 Å². The van der Waals surface area contributed by atoms with Crippen LogP contribution in [0.3, 0.4) is 0 Å². The lowest BCUT2D eigenvalue weighted by molar-refractivity contribution is -0.138. The third-order valence-electron chi connectivity index (χ3n) is 3.32. The van der Waals surface area contributed by atoms with Gasteiger partial charge in [-0.3, -0.25) is 9.59 Å². The first kappa shape index (κ1) is 14.8. The van der Waals surface area contributed by atoms with E-state index in [2.05, 4.69) is 4.98 Å². The molecule has 2 N–H and O–H groups in total. The third-order valence-corrected chi connectivity index (χ3v) is 3.32. The molecule has 0 saturated heterocycles. The van der Waals surface area contributed by atoms with Gasteiger partial charge in [-0.2, -0.15) is 0 Å². The quantitative estimate of drug-likeness (QED) is 0.834. The molecular formula is C14H17N3O4. The van der Waals surface area contributed by atoms with Gasteiger partial charge < -0.3 is 19.7 Å². The topological polar surface area (TPSA) is 95.7 Å². The monoisotopic (exact) mass is 291 g/mol. The highest BCUT2D eigenvalue weighted by molar-refractivity contribution is 5.82. The Balaban J connectivity index is 2.30. The summed E-state index contributed by atoms with van der Waals surface area (Å²) in [5.41, 5.74) is 2.31. The number of hydrogen-bond donors (Lipinski definition) is 2. The number of aryl methyl sites for hydroxylation is 1. The lowest BCUT2D eigenvalue weighted by Gasteiger charge is -2.18. The highest BCUT2D eigenvalue weighted by Gasteiger charge is 2.12. The van der Waals surface area contributed by atoms with Gasteiger partial charge in [0.2, 0.25) is 0 Å². The molecule has 2 aromatic rings. The predicted molar refractivity (Wildman–Crippen MR) is 77.6 cm³/mol. The summed E-state index contributed by atoms with van der Waals surface area (Å²) in [5.74, 6) is -1.12. The second-order valence-electron chi connectivity index (χ2n) is 4.88. The first-order chi connectivity index (χ1) is 9.88. The van der Waals surface area contributed by atoms with E-state index in [0.29, 0.717) is 17.9 Å². The van der Waals surface area contributed by atoms with E-state index in [1.165, 1.54) is 0 Å². The number of rotatable bonds is 6. The molecule has 0 bridgehead atoms. The molecule has 21 heavy (non-hydrogen) atoms. The van der Waals surface area contributed by atoms with Crippen molar-refractivity contribution in [1.82, 2.24) is 9.55 Å². The molecule has 7 heteroatoms. The fraction of sp³-hybridized carbons (Fsp3) is 0.357. The first-order valence-electron chi connectivity index (χ1n) is 6.50. The number of aromatic nitrogens is 2. The molecule has 0 amide bonds. The summed E-state index contributed by atoms with van der Waals surface area (Å²) in [6.07, 6.45) is 0.0566. The minimum atomic E-state index is -0.917. The largest absolute Gasteiger partial charge is 0.481 e. The molecule has 0 atom stereocenters. The zero-order valence-electron chi connectivity index (χ0n) is 11.9. The number of benzene rings is 1. The molecule has 7 nitrogen and oxygen atoms in total. The number of imidazole rings is 1. The van der Waals surface area contributed by atoms with Crippen LogP contribution in [0, 0.1) is 6.92 Å². The Morgan fingerprint density at radius 2 is 2.00 bits per heavy atom. The Labute approximate surface area is 121 Å². The molecule has 1 aromatic carbocycles. The molecular weight excluding hydrogens is 274 g/mol. The number of carboxylic acid groups (broad SMARTS) is 2. The number of aliphatic carboxylic acids is 2. The molecule has 0 aliphatic heterocycles. The molecule has 0 aliphatic carbocycles. The summed E-state index contributed by atoms with van der Waals surface area (Å²) in [5, 5.41) is 17.6. The minimum absolute atomic E-state index is 0.0566. The Kier molecular flexibility index (Phi) is 4.11. The van der Waals surface area contributed by atoms with Crippen molar-refractivity contribution in [2.24, 2.45) is 0 Å². The van der Waals surface area contributed by atoms with Crippen LogP contribution >= 0.6 is 0 Å². The summed E-state index contributed by atoms with van der Waals surface area (Å²) >= 11 is 0. The van der Waals surface area contributed by atoms with Crippen molar-refractivity contribution < 1.29 is 19.8 Å². The maximum absolute atomic E-state index is 10.9. The number of fused-ring (bicyclic) bond motifs is 1. The Bertz CT molecular complexity index is 693. The van der Waals surface area contributed by atoms with Crippen molar-refractivity contribution in [2.75, 3.05) is 18.5 Å². The Hall–Kier alpha value is -2.57. The molecule has 0 aliphatic rings. The second-order valence-corrected chi connectivity index (χ2v) is 4.88. The average Bonchev–Trinajstić information content (AvgIpc) is 2.71. The molecule has 0 radical (unpaired) electrons. The van der Waals surface area contributed by atoms with E-state index in [-0.39, 0.29) is 13.0 Å². The van der Waals surface area contributed by atoms with E-state index in [1.807, 2.05) is 30.1 Å². The SMILES string of the molecule is Cc1nc2cc(N(C)CCC(=O)O)ccc2n1CC(=O)O. The van der Waals surface area contributed by atoms with Crippen molar-refractivity contribution in [3.05, 3.63) is 24.0 Å².